The molecule has 2 unspecified atom stereocenters. The lowest BCUT2D eigenvalue weighted by molar-refractivity contribution is -0.138. The van der Waals surface area contributed by atoms with E-state index in [2.05, 4.69) is 30.6 Å². The molecule has 1 fully saturated rings. The van der Waals surface area contributed by atoms with E-state index in [1.165, 1.54) is 0 Å². The Hall–Kier alpha value is -0.650. The highest BCUT2D eigenvalue weighted by molar-refractivity contribution is 5.67. The van der Waals surface area contributed by atoms with Crippen molar-refractivity contribution in [1.29, 1.82) is 0 Å². The van der Waals surface area contributed by atoms with Crippen molar-refractivity contribution in [1.82, 2.24) is 9.80 Å². The third-order valence-electron chi connectivity index (χ3n) is 3.84. The summed E-state index contributed by atoms with van der Waals surface area (Å²) < 4.78 is 5.82. The molecule has 112 valence electrons. The van der Waals surface area contributed by atoms with E-state index in [4.69, 9.17) is 9.84 Å². The highest BCUT2D eigenvalue weighted by atomic mass is 16.5. The van der Waals surface area contributed by atoms with Gasteiger partial charge in [-0.1, -0.05) is 6.92 Å². The van der Waals surface area contributed by atoms with E-state index in [-0.39, 0.29) is 18.6 Å². The van der Waals surface area contributed by atoms with Crippen LogP contribution in [0.4, 0.5) is 0 Å². The van der Waals surface area contributed by atoms with Crippen molar-refractivity contribution in [2.24, 2.45) is 0 Å². The predicted molar refractivity (Wildman–Crippen MR) is 75.4 cm³/mol. The SMILES string of the molecule is CCN(CC1CN(C(C)C)CCO1)C(C)CC(=O)O. The number of rotatable bonds is 7. The van der Waals surface area contributed by atoms with E-state index in [0.717, 1.165) is 32.8 Å². The Morgan fingerprint density at radius 3 is 2.68 bits per heavy atom. The predicted octanol–water partition coefficient (Wildman–Crippen LogP) is 1.28. The van der Waals surface area contributed by atoms with Crippen molar-refractivity contribution >= 4 is 5.97 Å². The molecule has 5 heteroatoms. The summed E-state index contributed by atoms with van der Waals surface area (Å²) in [6, 6.07) is 0.596. The quantitative estimate of drug-likeness (QED) is 0.756. The summed E-state index contributed by atoms with van der Waals surface area (Å²) in [5, 5.41) is 8.88. The standard InChI is InChI=1S/C14H28N2O3/c1-5-15(12(4)8-14(17)18)9-13-10-16(11(2)3)6-7-19-13/h11-13H,5-10H2,1-4H3,(H,17,18). The van der Waals surface area contributed by atoms with Gasteiger partial charge in [-0.3, -0.25) is 14.6 Å². The summed E-state index contributed by atoms with van der Waals surface area (Å²) in [7, 11) is 0. The lowest BCUT2D eigenvalue weighted by Gasteiger charge is -2.38. The maximum absolute atomic E-state index is 10.8. The Labute approximate surface area is 116 Å². The zero-order valence-electron chi connectivity index (χ0n) is 12.6. The van der Waals surface area contributed by atoms with Crippen LogP contribution in [0.2, 0.25) is 0 Å². The molecule has 0 aromatic heterocycles. The zero-order valence-corrected chi connectivity index (χ0v) is 12.6. The molecule has 0 bridgehead atoms. The van der Waals surface area contributed by atoms with Gasteiger partial charge in [-0.05, 0) is 27.3 Å². The molecule has 0 spiro atoms. The van der Waals surface area contributed by atoms with Crippen molar-refractivity contribution in [2.75, 3.05) is 32.8 Å². The fraction of sp³-hybridized carbons (Fsp3) is 0.929. The number of nitrogens with zero attached hydrogens (tertiary/aromatic N) is 2. The van der Waals surface area contributed by atoms with Gasteiger partial charge in [0, 0.05) is 31.7 Å². The number of likely N-dealkylation sites (N-methyl/N-ethyl adjacent to an activating group) is 1. The summed E-state index contributed by atoms with van der Waals surface area (Å²) in [6.07, 6.45) is 0.376. The number of ether oxygens (including phenoxy) is 1. The Balaban J connectivity index is 2.48. The summed E-state index contributed by atoms with van der Waals surface area (Å²) in [4.78, 5) is 15.4. The van der Waals surface area contributed by atoms with Gasteiger partial charge in [0.05, 0.1) is 19.1 Å². The minimum atomic E-state index is -0.737. The van der Waals surface area contributed by atoms with E-state index >= 15 is 0 Å². The minimum absolute atomic E-state index is 0.0560. The number of morpholine rings is 1. The number of hydrogen-bond donors (Lipinski definition) is 1. The molecule has 0 aromatic rings. The molecule has 19 heavy (non-hydrogen) atoms. The van der Waals surface area contributed by atoms with Crippen LogP contribution in [0, 0.1) is 0 Å². The van der Waals surface area contributed by atoms with Gasteiger partial charge in [-0.15, -0.1) is 0 Å². The molecule has 1 N–H and O–H groups in total. The largest absolute Gasteiger partial charge is 0.481 e. The first-order chi connectivity index (χ1) is 8.93. The minimum Gasteiger partial charge on any atom is -0.481 e. The number of carboxylic acid groups (broad SMARTS) is 1. The Kier molecular flexibility index (Phi) is 6.75. The van der Waals surface area contributed by atoms with Crippen molar-refractivity contribution in [3.05, 3.63) is 0 Å². The summed E-state index contributed by atoms with van der Waals surface area (Å²) in [5.74, 6) is -0.737. The number of hydrogen-bond acceptors (Lipinski definition) is 4. The molecule has 2 atom stereocenters. The van der Waals surface area contributed by atoms with Crippen molar-refractivity contribution < 1.29 is 14.6 Å². The molecule has 0 saturated carbocycles. The molecule has 1 heterocycles. The van der Waals surface area contributed by atoms with E-state index in [1.807, 2.05) is 6.92 Å². The smallest absolute Gasteiger partial charge is 0.304 e. The van der Waals surface area contributed by atoms with E-state index < -0.39 is 5.97 Å². The van der Waals surface area contributed by atoms with Crippen LogP contribution in [0.3, 0.4) is 0 Å². The Morgan fingerprint density at radius 2 is 2.16 bits per heavy atom. The van der Waals surface area contributed by atoms with Crippen molar-refractivity contribution in [3.63, 3.8) is 0 Å². The summed E-state index contributed by atoms with van der Waals surface area (Å²) in [6.45, 7) is 12.8. The second kappa shape index (κ2) is 7.82. The third-order valence-corrected chi connectivity index (χ3v) is 3.84. The van der Waals surface area contributed by atoms with Crippen LogP contribution in [-0.2, 0) is 9.53 Å². The lowest BCUT2D eigenvalue weighted by atomic mass is 10.1. The molecule has 0 aliphatic carbocycles. The first kappa shape index (κ1) is 16.4. The molecule has 1 saturated heterocycles. The second-order valence-corrected chi connectivity index (χ2v) is 5.62. The van der Waals surface area contributed by atoms with Crippen LogP contribution in [0.25, 0.3) is 0 Å². The first-order valence-electron chi connectivity index (χ1n) is 7.25. The van der Waals surface area contributed by atoms with Crippen LogP contribution < -0.4 is 0 Å². The van der Waals surface area contributed by atoms with Gasteiger partial charge < -0.3 is 9.84 Å². The Morgan fingerprint density at radius 1 is 1.47 bits per heavy atom. The monoisotopic (exact) mass is 272 g/mol. The average molecular weight is 272 g/mol. The highest BCUT2D eigenvalue weighted by Crippen LogP contribution is 2.12. The van der Waals surface area contributed by atoms with Gasteiger partial charge in [0.1, 0.15) is 0 Å². The second-order valence-electron chi connectivity index (χ2n) is 5.62. The maximum Gasteiger partial charge on any atom is 0.304 e. The van der Waals surface area contributed by atoms with Gasteiger partial charge in [-0.25, -0.2) is 0 Å². The summed E-state index contributed by atoms with van der Waals surface area (Å²) >= 11 is 0. The van der Waals surface area contributed by atoms with E-state index in [0.29, 0.717) is 6.04 Å². The molecular weight excluding hydrogens is 244 g/mol. The van der Waals surface area contributed by atoms with Crippen LogP contribution in [0.15, 0.2) is 0 Å². The van der Waals surface area contributed by atoms with Gasteiger partial charge in [0.2, 0.25) is 0 Å². The molecule has 0 amide bonds. The normalized spacial score (nSPS) is 22.9. The lowest BCUT2D eigenvalue weighted by Crippen LogP contribution is -2.51. The fourth-order valence-corrected chi connectivity index (χ4v) is 2.59. The molecule has 1 aliphatic rings. The van der Waals surface area contributed by atoms with Gasteiger partial charge in [0.25, 0.3) is 0 Å². The number of carbonyl (C=O) groups is 1. The molecule has 1 aliphatic heterocycles. The van der Waals surface area contributed by atoms with Crippen LogP contribution in [0.5, 0.6) is 0 Å². The zero-order chi connectivity index (χ0) is 14.4. The van der Waals surface area contributed by atoms with Crippen molar-refractivity contribution in [3.8, 4) is 0 Å². The number of carboxylic acids is 1. The van der Waals surface area contributed by atoms with Crippen molar-refractivity contribution in [2.45, 2.75) is 52.3 Å². The molecule has 0 aromatic carbocycles. The van der Waals surface area contributed by atoms with Crippen LogP contribution in [-0.4, -0.2) is 71.8 Å². The molecule has 1 rings (SSSR count). The van der Waals surface area contributed by atoms with Gasteiger partial charge >= 0.3 is 5.97 Å². The van der Waals surface area contributed by atoms with E-state index in [9.17, 15) is 4.79 Å². The molecule has 5 nitrogen and oxygen atoms in total. The number of aliphatic carboxylic acids is 1. The first-order valence-corrected chi connectivity index (χ1v) is 7.25. The van der Waals surface area contributed by atoms with Gasteiger partial charge in [0.15, 0.2) is 0 Å². The Bertz CT molecular complexity index is 284. The molecule has 0 radical (unpaired) electrons. The topological polar surface area (TPSA) is 53.0 Å². The fourth-order valence-electron chi connectivity index (χ4n) is 2.59. The van der Waals surface area contributed by atoms with Crippen LogP contribution >= 0.6 is 0 Å². The maximum atomic E-state index is 10.8. The third kappa shape index (κ3) is 5.47. The highest BCUT2D eigenvalue weighted by Gasteiger charge is 2.25. The average Bonchev–Trinajstić information content (AvgIpc) is 2.35. The summed E-state index contributed by atoms with van der Waals surface area (Å²) in [5.41, 5.74) is 0. The van der Waals surface area contributed by atoms with Crippen LogP contribution in [0.1, 0.15) is 34.1 Å². The van der Waals surface area contributed by atoms with Gasteiger partial charge in [-0.2, -0.15) is 0 Å². The van der Waals surface area contributed by atoms with E-state index in [1.54, 1.807) is 0 Å². The molecular formula is C14H28N2O3.